The number of carbonyl (C=O) groups is 2. The molecule has 5 N–H and O–H groups in total. The van der Waals surface area contributed by atoms with Gasteiger partial charge in [-0.15, -0.1) is 0 Å². The highest BCUT2D eigenvalue weighted by Crippen LogP contribution is 2.29. The molecule has 0 amide bonds. The van der Waals surface area contributed by atoms with Gasteiger partial charge >= 0.3 is 11.9 Å². The third-order valence-corrected chi connectivity index (χ3v) is 5.22. The van der Waals surface area contributed by atoms with Gasteiger partial charge in [-0.05, 0) is 37.8 Å². The van der Waals surface area contributed by atoms with Gasteiger partial charge in [-0.3, -0.25) is 14.5 Å². The fourth-order valence-corrected chi connectivity index (χ4v) is 3.40. The molecule has 7 heteroatoms. The third kappa shape index (κ3) is 5.27. The number of carboxylic acids is 1. The van der Waals surface area contributed by atoms with Gasteiger partial charge in [0.15, 0.2) is 0 Å². The number of rotatable bonds is 8. The largest absolute Gasteiger partial charge is 0.481 e. The average molecular weight is 363 g/mol. The highest BCUT2D eigenvalue weighted by atomic mass is 16.5. The number of piperidine rings is 1. The SMILES string of the molecule is CC(N)(C(CC(=O)O)C(=O)OCc1ccccc1)N1CCC(CN)CC1. The number of carbonyl (C=O) groups excluding carboxylic acids is 1. The van der Waals surface area contributed by atoms with Gasteiger partial charge in [-0.25, -0.2) is 0 Å². The van der Waals surface area contributed by atoms with Crippen LogP contribution in [-0.2, 0) is 20.9 Å². The number of aliphatic carboxylic acids is 1. The van der Waals surface area contributed by atoms with Crippen molar-refractivity contribution in [3.63, 3.8) is 0 Å². The van der Waals surface area contributed by atoms with E-state index in [0.29, 0.717) is 25.6 Å². The summed E-state index contributed by atoms with van der Waals surface area (Å²) in [6.07, 6.45) is 1.42. The van der Waals surface area contributed by atoms with E-state index in [2.05, 4.69) is 0 Å². The molecule has 0 saturated carbocycles. The minimum atomic E-state index is -1.09. The first-order chi connectivity index (χ1) is 12.3. The topological polar surface area (TPSA) is 119 Å². The van der Waals surface area contributed by atoms with Crippen molar-refractivity contribution in [1.29, 1.82) is 0 Å². The molecule has 0 aliphatic carbocycles. The smallest absolute Gasteiger partial charge is 0.313 e. The van der Waals surface area contributed by atoms with Crippen LogP contribution >= 0.6 is 0 Å². The third-order valence-electron chi connectivity index (χ3n) is 5.22. The van der Waals surface area contributed by atoms with Gasteiger partial charge in [0.05, 0.1) is 18.0 Å². The number of hydrogen-bond acceptors (Lipinski definition) is 6. The number of benzene rings is 1. The predicted octanol–water partition coefficient (Wildman–Crippen LogP) is 1.17. The zero-order valence-corrected chi connectivity index (χ0v) is 15.3. The molecule has 1 heterocycles. The van der Waals surface area contributed by atoms with E-state index in [1.165, 1.54) is 0 Å². The van der Waals surface area contributed by atoms with E-state index in [-0.39, 0.29) is 13.0 Å². The van der Waals surface area contributed by atoms with Crippen LogP contribution in [0.3, 0.4) is 0 Å². The van der Waals surface area contributed by atoms with Crippen LogP contribution in [0, 0.1) is 11.8 Å². The lowest BCUT2D eigenvalue weighted by atomic mass is 9.86. The monoisotopic (exact) mass is 363 g/mol. The van der Waals surface area contributed by atoms with Crippen LogP contribution in [0.25, 0.3) is 0 Å². The van der Waals surface area contributed by atoms with E-state index in [1.807, 2.05) is 35.2 Å². The van der Waals surface area contributed by atoms with Gasteiger partial charge in [-0.2, -0.15) is 0 Å². The maximum absolute atomic E-state index is 12.6. The molecule has 1 aromatic carbocycles. The van der Waals surface area contributed by atoms with Crippen LogP contribution < -0.4 is 11.5 Å². The Balaban J connectivity index is 2.06. The Morgan fingerprint density at radius 2 is 1.92 bits per heavy atom. The fourth-order valence-electron chi connectivity index (χ4n) is 3.40. The van der Waals surface area contributed by atoms with Crippen molar-refractivity contribution in [2.45, 2.75) is 38.5 Å². The summed E-state index contributed by atoms with van der Waals surface area (Å²) in [5.41, 5.74) is 11.9. The van der Waals surface area contributed by atoms with Crippen molar-refractivity contribution >= 4 is 11.9 Å². The summed E-state index contributed by atoms with van der Waals surface area (Å²) in [6.45, 7) is 3.83. The molecule has 26 heavy (non-hydrogen) atoms. The molecule has 1 fully saturated rings. The molecule has 0 bridgehead atoms. The van der Waals surface area contributed by atoms with Crippen molar-refractivity contribution in [3.8, 4) is 0 Å². The summed E-state index contributed by atoms with van der Waals surface area (Å²) in [4.78, 5) is 26.0. The van der Waals surface area contributed by atoms with E-state index in [4.69, 9.17) is 16.2 Å². The minimum Gasteiger partial charge on any atom is -0.481 e. The number of ether oxygens (including phenoxy) is 1. The van der Waals surface area contributed by atoms with Crippen LogP contribution in [-0.4, -0.2) is 47.2 Å². The zero-order chi connectivity index (χ0) is 19.2. The van der Waals surface area contributed by atoms with Crippen molar-refractivity contribution < 1.29 is 19.4 Å². The van der Waals surface area contributed by atoms with Crippen molar-refractivity contribution in [3.05, 3.63) is 35.9 Å². The van der Waals surface area contributed by atoms with Crippen molar-refractivity contribution in [2.24, 2.45) is 23.3 Å². The van der Waals surface area contributed by atoms with Gasteiger partial charge in [0.2, 0.25) is 0 Å². The molecule has 0 radical (unpaired) electrons. The Bertz CT molecular complexity index is 598. The first-order valence-corrected chi connectivity index (χ1v) is 9.01. The molecule has 144 valence electrons. The number of hydrogen-bond donors (Lipinski definition) is 3. The molecule has 1 aliphatic rings. The summed E-state index contributed by atoms with van der Waals surface area (Å²) in [5, 5.41) is 9.26. The maximum atomic E-state index is 12.6. The van der Waals surface area contributed by atoms with Crippen molar-refractivity contribution in [2.75, 3.05) is 19.6 Å². The Morgan fingerprint density at radius 3 is 2.46 bits per heavy atom. The summed E-state index contributed by atoms with van der Waals surface area (Å²) >= 11 is 0. The first-order valence-electron chi connectivity index (χ1n) is 9.01. The van der Waals surface area contributed by atoms with Gasteiger partial charge in [-0.1, -0.05) is 30.3 Å². The number of nitrogens with zero attached hydrogens (tertiary/aromatic N) is 1. The molecule has 2 unspecified atom stereocenters. The summed E-state index contributed by atoms with van der Waals surface area (Å²) in [5.74, 6) is -2.15. The second-order valence-electron chi connectivity index (χ2n) is 7.14. The maximum Gasteiger partial charge on any atom is 0.313 e. The van der Waals surface area contributed by atoms with Crippen LogP contribution in [0.1, 0.15) is 31.7 Å². The summed E-state index contributed by atoms with van der Waals surface area (Å²) in [7, 11) is 0. The van der Waals surface area contributed by atoms with Gasteiger partial charge in [0.25, 0.3) is 0 Å². The molecule has 0 aromatic heterocycles. The van der Waals surface area contributed by atoms with E-state index in [9.17, 15) is 14.7 Å². The summed E-state index contributed by atoms with van der Waals surface area (Å²) < 4.78 is 5.38. The Hall–Kier alpha value is -1.96. The standard InChI is InChI=1S/C19H29N3O4/c1-19(21,22-9-7-14(12-20)8-10-22)16(11-17(23)24)18(25)26-13-15-5-3-2-4-6-15/h2-6,14,16H,7-13,20-21H2,1H3,(H,23,24). The van der Waals surface area contributed by atoms with Crippen LogP contribution in [0.5, 0.6) is 0 Å². The second-order valence-corrected chi connectivity index (χ2v) is 7.14. The van der Waals surface area contributed by atoms with E-state index in [0.717, 1.165) is 18.4 Å². The van der Waals surface area contributed by atoms with Gasteiger partial charge < -0.3 is 21.3 Å². The van der Waals surface area contributed by atoms with E-state index >= 15 is 0 Å². The quantitative estimate of drug-likeness (QED) is 0.593. The number of carboxylic acid groups (broad SMARTS) is 1. The molecule has 1 saturated heterocycles. The lowest BCUT2D eigenvalue weighted by molar-refractivity contribution is -0.161. The Morgan fingerprint density at radius 1 is 1.31 bits per heavy atom. The lowest BCUT2D eigenvalue weighted by Gasteiger charge is -2.45. The van der Waals surface area contributed by atoms with E-state index < -0.39 is 23.5 Å². The molecule has 2 rings (SSSR count). The Labute approximate surface area is 154 Å². The van der Waals surface area contributed by atoms with Crippen LogP contribution in [0.4, 0.5) is 0 Å². The molecular weight excluding hydrogens is 334 g/mol. The highest BCUT2D eigenvalue weighted by Gasteiger charge is 2.43. The lowest BCUT2D eigenvalue weighted by Crippen LogP contribution is -2.63. The number of likely N-dealkylation sites (tertiary alicyclic amines) is 1. The fraction of sp³-hybridized carbons (Fsp3) is 0.579. The van der Waals surface area contributed by atoms with Crippen LogP contribution in [0.2, 0.25) is 0 Å². The predicted molar refractivity (Wildman–Crippen MR) is 97.9 cm³/mol. The number of nitrogens with two attached hydrogens (primary N) is 2. The average Bonchev–Trinajstić information content (AvgIpc) is 2.64. The second kappa shape index (κ2) is 9.12. The van der Waals surface area contributed by atoms with Gasteiger partial charge in [0, 0.05) is 13.1 Å². The molecule has 7 nitrogen and oxygen atoms in total. The van der Waals surface area contributed by atoms with Crippen LogP contribution in [0.15, 0.2) is 30.3 Å². The first kappa shape index (κ1) is 20.4. The molecule has 1 aliphatic heterocycles. The summed E-state index contributed by atoms with van der Waals surface area (Å²) in [6, 6.07) is 9.27. The normalized spacial score (nSPS) is 19.5. The number of esters is 1. The highest BCUT2D eigenvalue weighted by molar-refractivity contribution is 5.80. The molecule has 0 spiro atoms. The Kier molecular flexibility index (Phi) is 7.14. The molecule has 1 aromatic rings. The van der Waals surface area contributed by atoms with E-state index in [1.54, 1.807) is 6.92 Å². The zero-order valence-electron chi connectivity index (χ0n) is 15.3. The van der Waals surface area contributed by atoms with Gasteiger partial charge in [0.1, 0.15) is 6.61 Å². The molecule has 2 atom stereocenters. The minimum absolute atomic E-state index is 0.0983. The van der Waals surface area contributed by atoms with Crippen molar-refractivity contribution in [1.82, 2.24) is 4.90 Å². The molecular formula is C19H29N3O4.